The lowest BCUT2D eigenvalue weighted by molar-refractivity contribution is -0.143. The highest BCUT2D eigenvalue weighted by atomic mass is 79.9. The fraction of sp³-hybridized carbons (Fsp3) is 0.429. The quantitative estimate of drug-likeness (QED) is 0.753. The van der Waals surface area contributed by atoms with Crippen LogP contribution in [-0.2, 0) is 31.9 Å². The maximum absolute atomic E-state index is 11.3. The molecule has 0 N–H and O–H groups in total. The van der Waals surface area contributed by atoms with E-state index >= 15 is 0 Å². The van der Waals surface area contributed by atoms with Crippen molar-refractivity contribution < 1.29 is 19.1 Å². The zero-order valence-electron chi connectivity index (χ0n) is 11.1. The number of hydrogen-bond donors (Lipinski definition) is 0. The summed E-state index contributed by atoms with van der Waals surface area (Å²) in [6.07, 6.45) is 1.12. The van der Waals surface area contributed by atoms with Gasteiger partial charge in [0, 0.05) is 10.9 Å². The lowest BCUT2D eigenvalue weighted by Crippen LogP contribution is -2.07. The summed E-state index contributed by atoms with van der Waals surface area (Å²) in [5.41, 5.74) is 1.84. The molecule has 0 amide bonds. The Morgan fingerprint density at radius 3 is 2.53 bits per heavy atom. The number of carbonyl (C=O) groups excluding carboxylic acids is 2. The van der Waals surface area contributed by atoms with E-state index in [1.165, 1.54) is 7.11 Å². The van der Waals surface area contributed by atoms with Crippen molar-refractivity contribution in [1.82, 2.24) is 0 Å². The van der Waals surface area contributed by atoms with Crippen molar-refractivity contribution in [1.29, 1.82) is 0 Å². The molecule has 0 unspecified atom stereocenters. The summed E-state index contributed by atoms with van der Waals surface area (Å²) in [5, 5.41) is 0. The Morgan fingerprint density at radius 2 is 1.89 bits per heavy atom. The molecule has 0 saturated carbocycles. The Hall–Kier alpha value is -1.36. The van der Waals surface area contributed by atoms with Crippen LogP contribution < -0.4 is 0 Å². The Balaban J connectivity index is 2.71. The third-order valence-corrected chi connectivity index (χ3v) is 3.64. The largest absolute Gasteiger partial charge is 0.469 e. The molecule has 0 atom stereocenters. The number of hydrogen-bond acceptors (Lipinski definition) is 4. The first-order valence-corrected chi connectivity index (χ1v) is 6.86. The van der Waals surface area contributed by atoms with Gasteiger partial charge in [-0.25, -0.2) is 0 Å². The average Bonchev–Trinajstić information content (AvgIpc) is 2.40. The van der Waals surface area contributed by atoms with Crippen LogP contribution in [-0.4, -0.2) is 25.7 Å². The Labute approximate surface area is 121 Å². The first-order chi connectivity index (χ1) is 9.08. The summed E-state index contributed by atoms with van der Waals surface area (Å²) < 4.78 is 10.4. The van der Waals surface area contributed by atoms with E-state index in [4.69, 9.17) is 4.74 Å². The summed E-state index contributed by atoms with van der Waals surface area (Å²) >= 11 is 3.47. The fourth-order valence-corrected chi connectivity index (χ4v) is 2.26. The molecule has 1 rings (SSSR count). The second-order valence-corrected chi connectivity index (χ2v) is 4.74. The number of aryl methyl sites for hydroxylation is 1. The summed E-state index contributed by atoms with van der Waals surface area (Å²) in [6, 6.07) is 5.64. The van der Waals surface area contributed by atoms with Crippen molar-refractivity contribution in [3.05, 3.63) is 33.8 Å². The molecule has 0 saturated heterocycles. The second-order valence-electron chi connectivity index (χ2n) is 3.95. The van der Waals surface area contributed by atoms with Crippen molar-refractivity contribution >= 4 is 27.9 Å². The van der Waals surface area contributed by atoms with Crippen LogP contribution in [0.3, 0.4) is 0 Å². The standard InChI is InChI=1S/C14H17BrO4/c1-3-19-12(16)8-7-10-5-4-6-11(14(10)15)9-13(17)18-2/h4-6H,3,7-9H2,1-2H3. The molecule has 0 fully saturated rings. The summed E-state index contributed by atoms with van der Waals surface area (Å²) in [7, 11) is 1.36. The van der Waals surface area contributed by atoms with E-state index in [-0.39, 0.29) is 18.4 Å². The van der Waals surface area contributed by atoms with Gasteiger partial charge in [0.05, 0.1) is 20.1 Å². The minimum atomic E-state index is -0.289. The molecule has 4 nitrogen and oxygen atoms in total. The van der Waals surface area contributed by atoms with Gasteiger partial charge in [0.15, 0.2) is 0 Å². The monoisotopic (exact) mass is 328 g/mol. The topological polar surface area (TPSA) is 52.6 Å². The van der Waals surface area contributed by atoms with Crippen LogP contribution in [0.4, 0.5) is 0 Å². The zero-order valence-corrected chi connectivity index (χ0v) is 12.7. The molecule has 0 radical (unpaired) electrons. The molecule has 19 heavy (non-hydrogen) atoms. The highest BCUT2D eigenvalue weighted by molar-refractivity contribution is 9.10. The van der Waals surface area contributed by atoms with Crippen molar-refractivity contribution in [2.24, 2.45) is 0 Å². The van der Waals surface area contributed by atoms with Crippen LogP contribution in [0.1, 0.15) is 24.5 Å². The number of ether oxygens (including phenoxy) is 2. The minimum Gasteiger partial charge on any atom is -0.469 e. The van der Waals surface area contributed by atoms with Crippen LogP contribution >= 0.6 is 15.9 Å². The molecule has 0 aliphatic carbocycles. The van der Waals surface area contributed by atoms with Gasteiger partial charge in [-0.05, 0) is 24.5 Å². The number of benzene rings is 1. The molecule has 0 aliphatic heterocycles. The van der Waals surface area contributed by atoms with Crippen LogP contribution in [0, 0.1) is 0 Å². The first-order valence-electron chi connectivity index (χ1n) is 6.07. The van der Waals surface area contributed by atoms with Gasteiger partial charge in [0.25, 0.3) is 0 Å². The van der Waals surface area contributed by atoms with Crippen molar-refractivity contribution in [2.75, 3.05) is 13.7 Å². The highest BCUT2D eigenvalue weighted by Crippen LogP contribution is 2.24. The number of halogens is 1. The van der Waals surface area contributed by atoms with E-state index in [1.807, 2.05) is 18.2 Å². The third kappa shape index (κ3) is 5.03. The van der Waals surface area contributed by atoms with E-state index in [1.54, 1.807) is 6.92 Å². The van der Waals surface area contributed by atoms with Crippen molar-refractivity contribution in [3.63, 3.8) is 0 Å². The van der Waals surface area contributed by atoms with Crippen molar-refractivity contribution in [3.8, 4) is 0 Å². The highest BCUT2D eigenvalue weighted by Gasteiger charge is 2.11. The molecule has 5 heteroatoms. The van der Waals surface area contributed by atoms with Gasteiger partial charge in [-0.15, -0.1) is 0 Å². The molecule has 0 aliphatic rings. The number of esters is 2. The van der Waals surface area contributed by atoms with E-state index in [9.17, 15) is 9.59 Å². The molecule has 0 heterocycles. The smallest absolute Gasteiger partial charge is 0.310 e. The summed E-state index contributed by atoms with van der Waals surface area (Å²) in [6.45, 7) is 2.17. The molecule has 0 spiro atoms. The van der Waals surface area contributed by atoms with Gasteiger partial charge in [0.2, 0.25) is 0 Å². The van der Waals surface area contributed by atoms with Crippen LogP contribution in [0.15, 0.2) is 22.7 Å². The molecule has 0 bridgehead atoms. The van der Waals surface area contributed by atoms with Gasteiger partial charge in [-0.1, -0.05) is 34.1 Å². The molecular formula is C14H17BrO4. The maximum Gasteiger partial charge on any atom is 0.310 e. The Morgan fingerprint density at radius 1 is 1.21 bits per heavy atom. The maximum atomic E-state index is 11.3. The van der Waals surface area contributed by atoms with E-state index in [2.05, 4.69) is 20.7 Å². The van der Waals surface area contributed by atoms with Crippen LogP contribution in [0.5, 0.6) is 0 Å². The third-order valence-electron chi connectivity index (χ3n) is 2.62. The minimum absolute atomic E-state index is 0.213. The lowest BCUT2D eigenvalue weighted by Gasteiger charge is -2.09. The van der Waals surface area contributed by atoms with Gasteiger partial charge in [0.1, 0.15) is 0 Å². The number of carbonyl (C=O) groups is 2. The normalized spacial score (nSPS) is 10.1. The molecular weight excluding hydrogens is 312 g/mol. The predicted molar refractivity (Wildman–Crippen MR) is 74.8 cm³/mol. The molecule has 0 aromatic heterocycles. The molecule has 1 aromatic rings. The summed E-state index contributed by atoms with van der Waals surface area (Å²) in [4.78, 5) is 22.6. The van der Waals surface area contributed by atoms with Gasteiger partial charge < -0.3 is 9.47 Å². The summed E-state index contributed by atoms with van der Waals surface area (Å²) in [5.74, 6) is -0.504. The van der Waals surface area contributed by atoms with Gasteiger partial charge in [-0.3, -0.25) is 9.59 Å². The van der Waals surface area contributed by atoms with Crippen LogP contribution in [0.25, 0.3) is 0 Å². The van der Waals surface area contributed by atoms with Crippen molar-refractivity contribution in [2.45, 2.75) is 26.2 Å². The second kappa shape index (κ2) is 7.94. The average molecular weight is 329 g/mol. The lowest BCUT2D eigenvalue weighted by atomic mass is 10.0. The fourth-order valence-electron chi connectivity index (χ4n) is 1.66. The van der Waals surface area contributed by atoms with E-state index < -0.39 is 0 Å². The van der Waals surface area contributed by atoms with E-state index in [0.717, 1.165) is 15.6 Å². The van der Waals surface area contributed by atoms with Crippen LogP contribution in [0.2, 0.25) is 0 Å². The van der Waals surface area contributed by atoms with Gasteiger partial charge in [-0.2, -0.15) is 0 Å². The number of rotatable bonds is 6. The molecule has 104 valence electrons. The first kappa shape index (κ1) is 15.7. The Kier molecular flexibility index (Phi) is 6.56. The number of methoxy groups -OCH3 is 1. The predicted octanol–water partition coefficient (Wildman–Crippen LogP) is 2.66. The van der Waals surface area contributed by atoms with E-state index in [0.29, 0.717) is 19.4 Å². The van der Waals surface area contributed by atoms with Gasteiger partial charge >= 0.3 is 11.9 Å². The SMILES string of the molecule is CCOC(=O)CCc1cccc(CC(=O)OC)c1Br. The Bertz CT molecular complexity index is 457. The zero-order chi connectivity index (χ0) is 14.3. The molecule has 1 aromatic carbocycles.